The quantitative estimate of drug-likeness (QED) is 0.896. The Balaban J connectivity index is 0.00000242. The van der Waals surface area contributed by atoms with Gasteiger partial charge in [0.15, 0.2) is 0 Å². The molecule has 1 saturated carbocycles. The smallest absolute Gasteiger partial charge is 0.335 e. The lowest BCUT2D eigenvalue weighted by atomic mass is 10.1. The Kier molecular flexibility index (Phi) is 6.26. The van der Waals surface area contributed by atoms with Crippen LogP contribution < -0.4 is 5.73 Å². The van der Waals surface area contributed by atoms with Gasteiger partial charge in [-0.15, -0.1) is 12.4 Å². The molecule has 0 heterocycles. The van der Waals surface area contributed by atoms with Crippen LogP contribution in [0.4, 0.5) is 13.2 Å². The first kappa shape index (κ1) is 18.8. The summed E-state index contributed by atoms with van der Waals surface area (Å²) in [5.74, 6) is -0.176. The summed E-state index contributed by atoms with van der Waals surface area (Å²) in [4.78, 5) is 13.7. The van der Waals surface area contributed by atoms with Gasteiger partial charge in [0.05, 0.1) is 5.56 Å². The van der Waals surface area contributed by atoms with Gasteiger partial charge in [-0.2, -0.15) is 13.2 Å². The summed E-state index contributed by atoms with van der Waals surface area (Å²) in [6.45, 7) is 1.71. The van der Waals surface area contributed by atoms with E-state index in [0.29, 0.717) is 0 Å². The highest BCUT2D eigenvalue weighted by Crippen LogP contribution is 2.35. The van der Waals surface area contributed by atoms with E-state index in [4.69, 9.17) is 5.73 Å². The van der Waals surface area contributed by atoms with E-state index in [1.807, 2.05) is 0 Å². The van der Waals surface area contributed by atoms with Gasteiger partial charge in [0.2, 0.25) is 5.91 Å². The number of benzene rings is 1. The largest absolute Gasteiger partial charge is 0.416 e. The van der Waals surface area contributed by atoms with Gasteiger partial charge in [0.1, 0.15) is 0 Å². The molecule has 7 heteroatoms. The average Bonchev–Trinajstić information content (AvgIpc) is 3.18. The fourth-order valence-electron chi connectivity index (χ4n) is 2.32. The lowest BCUT2D eigenvalue weighted by Crippen LogP contribution is -2.36. The molecule has 3 nitrogen and oxygen atoms in total. The predicted molar refractivity (Wildman–Crippen MR) is 80.5 cm³/mol. The highest BCUT2D eigenvalue weighted by Gasteiger charge is 2.36. The van der Waals surface area contributed by atoms with Crippen LogP contribution >= 0.6 is 12.4 Å². The highest BCUT2D eigenvalue weighted by molar-refractivity contribution is 5.85. The van der Waals surface area contributed by atoms with Crippen LogP contribution in [0.3, 0.4) is 0 Å². The summed E-state index contributed by atoms with van der Waals surface area (Å²) in [5.41, 5.74) is 5.07. The molecule has 22 heavy (non-hydrogen) atoms. The maximum atomic E-state index is 13.0. The van der Waals surface area contributed by atoms with Crippen molar-refractivity contribution in [2.24, 2.45) is 5.73 Å². The predicted octanol–water partition coefficient (Wildman–Crippen LogP) is 3.36. The molecule has 1 unspecified atom stereocenters. The number of hydrogen-bond acceptors (Lipinski definition) is 2. The van der Waals surface area contributed by atoms with Crippen molar-refractivity contribution in [3.8, 4) is 0 Å². The molecule has 2 N–H and O–H groups in total. The molecule has 1 fully saturated rings. The Bertz CT molecular complexity index is 516. The molecular weight excluding hydrogens is 317 g/mol. The van der Waals surface area contributed by atoms with E-state index >= 15 is 0 Å². The van der Waals surface area contributed by atoms with Crippen molar-refractivity contribution in [2.45, 2.75) is 51.0 Å². The molecular formula is C15H20ClF3N2O. The van der Waals surface area contributed by atoms with Crippen LogP contribution in [0.25, 0.3) is 0 Å². The topological polar surface area (TPSA) is 46.3 Å². The van der Waals surface area contributed by atoms with Crippen molar-refractivity contribution >= 4 is 18.3 Å². The first-order valence-corrected chi connectivity index (χ1v) is 6.99. The normalized spacial score (nSPS) is 15.9. The Morgan fingerprint density at radius 1 is 1.36 bits per heavy atom. The van der Waals surface area contributed by atoms with E-state index in [0.717, 1.165) is 18.9 Å². The minimum absolute atomic E-state index is 0. The number of nitrogens with zero attached hydrogens (tertiary/aromatic N) is 1. The van der Waals surface area contributed by atoms with Gasteiger partial charge < -0.3 is 10.6 Å². The Hall–Kier alpha value is -1.27. The summed E-state index contributed by atoms with van der Waals surface area (Å²) in [6.07, 6.45) is -2.56. The number of rotatable bonds is 5. The third-order valence-electron chi connectivity index (χ3n) is 3.47. The minimum atomic E-state index is -4.41. The summed E-state index contributed by atoms with van der Waals surface area (Å²) in [5, 5.41) is 0. The van der Waals surface area contributed by atoms with Crippen molar-refractivity contribution in [3.63, 3.8) is 0 Å². The van der Waals surface area contributed by atoms with Crippen molar-refractivity contribution in [1.29, 1.82) is 0 Å². The van der Waals surface area contributed by atoms with Gasteiger partial charge in [-0.1, -0.05) is 18.2 Å². The van der Waals surface area contributed by atoms with Crippen molar-refractivity contribution in [1.82, 2.24) is 4.90 Å². The fourth-order valence-corrected chi connectivity index (χ4v) is 2.32. The molecule has 0 spiro atoms. The Morgan fingerprint density at radius 2 is 1.95 bits per heavy atom. The van der Waals surface area contributed by atoms with Gasteiger partial charge in [-0.05, 0) is 31.4 Å². The lowest BCUT2D eigenvalue weighted by molar-refractivity contribution is -0.140. The van der Waals surface area contributed by atoms with Gasteiger partial charge in [-0.3, -0.25) is 4.79 Å². The zero-order chi connectivity index (χ0) is 15.6. The molecule has 124 valence electrons. The van der Waals surface area contributed by atoms with Crippen molar-refractivity contribution < 1.29 is 18.0 Å². The fraction of sp³-hybridized carbons (Fsp3) is 0.533. The SMILES string of the molecule is CC(N)CC(=O)N(Cc1ccccc1C(F)(F)F)C1CC1.Cl. The second-order valence-electron chi connectivity index (χ2n) is 5.59. The zero-order valence-electron chi connectivity index (χ0n) is 12.3. The molecule has 0 aromatic heterocycles. The minimum Gasteiger partial charge on any atom is -0.335 e. The van der Waals surface area contributed by atoms with E-state index in [9.17, 15) is 18.0 Å². The highest BCUT2D eigenvalue weighted by atomic mass is 35.5. The Morgan fingerprint density at radius 3 is 2.45 bits per heavy atom. The molecule has 2 rings (SSSR count). The number of alkyl halides is 3. The summed E-state index contributed by atoms with van der Waals surface area (Å²) >= 11 is 0. The maximum absolute atomic E-state index is 13.0. The molecule has 1 aromatic rings. The van der Waals surface area contributed by atoms with Crippen LogP contribution in [-0.2, 0) is 17.5 Å². The first-order chi connectivity index (χ1) is 9.79. The molecule has 0 saturated heterocycles. The second-order valence-corrected chi connectivity index (χ2v) is 5.59. The number of carbonyl (C=O) groups excluding carboxylic acids is 1. The van der Waals surface area contributed by atoms with Crippen LogP contribution in [0.15, 0.2) is 24.3 Å². The van der Waals surface area contributed by atoms with Gasteiger partial charge >= 0.3 is 6.18 Å². The van der Waals surface area contributed by atoms with Crippen LogP contribution in [0, 0.1) is 0 Å². The van der Waals surface area contributed by atoms with E-state index in [1.54, 1.807) is 13.0 Å². The Labute approximate surface area is 134 Å². The number of amides is 1. The third kappa shape index (κ3) is 4.88. The standard InChI is InChI=1S/C15H19F3N2O.ClH/c1-10(19)8-14(21)20(12-6-7-12)9-11-4-2-3-5-13(11)15(16,17)18;/h2-5,10,12H,6-9,19H2,1H3;1H. The zero-order valence-corrected chi connectivity index (χ0v) is 13.1. The molecule has 1 amide bonds. The van der Waals surface area contributed by atoms with Gasteiger partial charge in [0, 0.05) is 25.0 Å². The molecule has 1 aliphatic carbocycles. The molecule has 1 atom stereocenters. The van der Waals surface area contributed by atoms with Crippen LogP contribution in [0.1, 0.15) is 37.3 Å². The van der Waals surface area contributed by atoms with Crippen LogP contribution in [-0.4, -0.2) is 22.9 Å². The first-order valence-electron chi connectivity index (χ1n) is 6.99. The van der Waals surface area contributed by atoms with Crippen molar-refractivity contribution in [3.05, 3.63) is 35.4 Å². The summed E-state index contributed by atoms with van der Waals surface area (Å²) in [6, 6.07) is 5.16. The number of hydrogen-bond donors (Lipinski definition) is 1. The third-order valence-corrected chi connectivity index (χ3v) is 3.47. The monoisotopic (exact) mass is 336 g/mol. The molecule has 1 aliphatic rings. The van der Waals surface area contributed by atoms with Gasteiger partial charge in [0.25, 0.3) is 0 Å². The summed E-state index contributed by atoms with van der Waals surface area (Å²) < 4.78 is 39.0. The molecule has 0 aliphatic heterocycles. The number of nitrogens with two attached hydrogens (primary N) is 1. The number of halogens is 4. The van der Waals surface area contributed by atoms with E-state index in [-0.39, 0.29) is 48.9 Å². The molecule has 0 radical (unpaired) electrons. The maximum Gasteiger partial charge on any atom is 0.416 e. The van der Waals surface area contributed by atoms with E-state index < -0.39 is 11.7 Å². The average molecular weight is 337 g/mol. The van der Waals surface area contributed by atoms with Crippen molar-refractivity contribution in [2.75, 3.05) is 0 Å². The summed E-state index contributed by atoms with van der Waals surface area (Å²) in [7, 11) is 0. The number of carbonyl (C=O) groups is 1. The second kappa shape index (κ2) is 7.33. The van der Waals surface area contributed by atoms with Crippen LogP contribution in [0.5, 0.6) is 0 Å². The van der Waals surface area contributed by atoms with Crippen LogP contribution in [0.2, 0.25) is 0 Å². The molecule has 0 bridgehead atoms. The van der Waals surface area contributed by atoms with Gasteiger partial charge in [-0.25, -0.2) is 0 Å². The van der Waals surface area contributed by atoms with E-state index in [1.165, 1.54) is 17.0 Å². The van der Waals surface area contributed by atoms with E-state index in [2.05, 4.69) is 0 Å². The lowest BCUT2D eigenvalue weighted by Gasteiger charge is -2.25. The molecule has 1 aromatic carbocycles.